The van der Waals surface area contributed by atoms with E-state index in [4.69, 9.17) is 9.84 Å². The predicted molar refractivity (Wildman–Crippen MR) is 69.5 cm³/mol. The summed E-state index contributed by atoms with van der Waals surface area (Å²) in [5, 5.41) is 18.5. The van der Waals surface area contributed by atoms with Gasteiger partial charge in [0.1, 0.15) is 6.10 Å². The molecule has 0 saturated carbocycles. The highest BCUT2D eigenvalue weighted by Gasteiger charge is 2.33. The third-order valence-electron chi connectivity index (χ3n) is 3.55. The first-order valence-corrected chi connectivity index (χ1v) is 6.50. The van der Waals surface area contributed by atoms with Gasteiger partial charge in [-0.15, -0.1) is 0 Å². The van der Waals surface area contributed by atoms with Crippen LogP contribution in [-0.2, 0) is 14.3 Å². The van der Waals surface area contributed by atoms with E-state index >= 15 is 0 Å². The molecule has 108 valence electrons. The van der Waals surface area contributed by atoms with E-state index in [9.17, 15) is 14.7 Å². The molecule has 2 N–H and O–H groups in total. The average Bonchev–Trinajstić information content (AvgIpc) is 2.28. The maximum absolute atomic E-state index is 11.5. The first kappa shape index (κ1) is 15.7. The largest absolute Gasteiger partial charge is 0.481 e. The van der Waals surface area contributed by atoms with Crippen molar-refractivity contribution < 1.29 is 24.5 Å². The molecule has 0 bridgehead atoms. The number of hydrogen-bond donors (Lipinski definition) is 2. The van der Waals surface area contributed by atoms with E-state index in [1.54, 1.807) is 13.8 Å². The second-order valence-electron chi connectivity index (χ2n) is 5.64. The van der Waals surface area contributed by atoms with Crippen LogP contribution in [0.15, 0.2) is 11.6 Å². The van der Waals surface area contributed by atoms with Crippen molar-refractivity contribution in [2.45, 2.75) is 58.2 Å². The predicted octanol–water partition coefficient (Wildman–Crippen LogP) is 1.89. The van der Waals surface area contributed by atoms with Crippen molar-refractivity contribution in [1.82, 2.24) is 0 Å². The number of hydrogen-bond acceptors (Lipinski definition) is 4. The topological polar surface area (TPSA) is 83.8 Å². The Morgan fingerprint density at radius 2 is 2.05 bits per heavy atom. The van der Waals surface area contributed by atoms with Crippen molar-refractivity contribution in [3.8, 4) is 0 Å². The molecule has 1 rings (SSSR count). The zero-order valence-electron chi connectivity index (χ0n) is 11.7. The van der Waals surface area contributed by atoms with Crippen LogP contribution < -0.4 is 0 Å². The van der Waals surface area contributed by atoms with Crippen LogP contribution in [0.1, 0.15) is 46.5 Å². The summed E-state index contributed by atoms with van der Waals surface area (Å²) in [6, 6.07) is 0. The summed E-state index contributed by atoms with van der Waals surface area (Å²) >= 11 is 0. The molecule has 0 aromatic rings. The molecule has 0 heterocycles. The number of ether oxygens (including phenoxy) is 1. The molecule has 1 aliphatic carbocycles. The first-order chi connectivity index (χ1) is 8.70. The number of allylic oxidation sites excluding steroid dienone is 1. The lowest BCUT2D eigenvalue weighted by Crippen LogP contribution is -2.37. The molecule has 2 atom stereocenters. The molecule has 0 fully saturated rings. The molecule has 2 unspecified atom stereocenters. The van der Waals surface area contributed by atoms with E-state index in [2.05, 4.69) is 0 Å². The van der Waals surface area contributed by atoms with Crippen LogP contribution in [0.3, 0.4) is 0 Å². The van der Waals surface area contributed by atoms with E-state index < -0.39 is 17.5 Å². The lowest BCUT2D eigenvalue weighted by Gasteiger charge is -2.35. The minimum absolute atomic E-state index is 0.0356. The molecule has 5 nitrogen and oxygen atoms in total. The number of carboxylic acid groups (broad SMARTS) is 1. The molecule has 5 heteroatoms. The number of carboxylic acids is 1. The third-order valence-corrected chi connectivity index (χ3v) is 3.55. The molecule has 0 radical (unpaired) electrons. The van der Waals surface area contributed by atoms with Gasteiger partial charge < -0.3 is 14.9 Å². The smallest absolute Gasteiger partial charge is 0.306 e. The number of aliphatic hydroxyl groups is 1. The summed E-state index contributed by atoms with van der Waals surface area (Å²) in [6.45, 7) is 5.38. The van der Waals surface area contributed by atoms with Crippen LogP contribution in [-0.4, -0.2) is 33.9 Å². The van der Waals surface area contributed by atoms with Crippen LogP contribution in [0, 0.1) is 5.92 Å². The van der Waals surface area contributed by atoms with E-state index in [-0.39, 0.29) is 24.9 Å². The van der Waals surface area contributed by atoms with E-state index in [1.165, 1.54) is 0 Å². The molecule has 0 aliphatic heterocycles. The Bertz CT molecular complexity index is 378. The number of carbonyl (C=O) groups is 2. The van der Waals surface area contributed by atoms with Crippen LogP contribution in [0.4, 0.5) is 0 Å². The molecule has 0 amide bonds. The van der Waals surface area contributed by atoms with Crippen LogP contribution in [0.25, 0.3) is 0 Å². The number of aliphatic carboxylic acids is 1. The molecular formula is C14H22O5. The third kappa shape index (κ3) is 5.03. The zero-order valence-corrected chi connectivity index (χ0v) is 11.7. The van der Waals surface area contributed by atoms with Gasteiger partial charge in [0.15, 0.2) is 0 Å². The molecule has 0 saturated heterocycles. The van der Waals surface area contributed by atoms with Gasteiger partial charge in [-0.1, -0.05) is 6.08 Å². The fraction of sp³-hybridized carbons (Fsp3) is 0.714. The highest BCUT2D eigenvalue weighted by atomic mass is 16.5. The highest BCUT2D eigenvalue weighted by molar-refractivity contribution is 5.76. The van der Waals surface area contributed by atoms with E-state index in [0.717, 1.165) is 12.0 Å². The normalized spacial score (nSPS) is 23.7. The van der Waals surface area contributed by atoms with Gasteiger partial charge >= 0.3 is 11.9 Å². The van der Waals surface area contributed by atoms with Crippen LogP contribution in [0.2, 0.25) is 0 Å². The highest BCUT2D eigenvalue weighted by Crippen LogP contribution is 2.33. The summed E-state index contributed by atoms with van der Waals surface area (Å²) in [6.07, 6.45) is 2.62. The maximum Gasteiger partial charge on any atom is 0.306 e. The fourth-order valence-corrected chi connectivity index (χ4v) is 2.14. The second-order valence-corrected chi connectivity index (χ2v) is 5.64. The van der Waals surface area contributed by atoms with Crippen molar-refractivity contribution >= 4 is 11.9 Å². The van der Waals surface area contributed by atoms with E-state index in [0.29, 0.717) is 6.42 Å². The molecule has 1 aliphatic rings. The van der Waals surface area contributed by atoms with Crippen molar-refractivity contribution in [3.05, 3.63) is 11.6 Å². The Labute approximate surface area is 113 Å². The van der Waals surface area contributed by atoms with Gasteiger partial charge in [0.25, 0.3) is 0 Å². The summed E-state index contributed by atoms with van der Waals surface area (Å²) in [5.74, 6) is -1.48. The number of esters is 1. The molecule has 0 spiro atoms. The van der Waals surface area contributed by atoms with Gasteiger partial charge in [-0.2, -0.15) is 0 Å². The molecule has 19 heavy (non-hydrogen) atoms. The van der Waals surface area contributed by atoms with Gasteiger partial charge in [0.05, 0.1) is 18.4 Å². The first-order valence-electron chi connectivity index (χ1n) is 6.50. The van der Waals surface area contributed by atoms with Gasteiger partial charge in [-0.25, -0.2) is 0 Å². The fourth-order valence-electron chi connectivity index (χ4n) is 2.14. The Morgan fingerprint density at radius 3 is 2.58 bits per heavy atom. The lowest BCUT2D eigenvalue weighted by atomic mass is 9.78. The molecule has 0 aromatic carbocycles. The minimum Gasteiger partial charge on any atom is -0.481 e. The SMILES string of the molecule is CC1=CCC(C(C)(C)O)CC1OC(=O)CCC(=O)O. The summed E-state index contributed by atoms with van der Waals surface area (Å²) in [7, 11) is 0. The average molecular weight is 270 g/mol. The molecule has 0 aromatic heterocycles. The van der Waals surface area contributed by atoms with E-state index in [1.807, 2.05) is 13.0 Å². The molecular weight excluding hydrogens is 248 g/mol. The Kier molecular flexibility index (Phi) is 5.11. The lowest BCUT2D eigenvalue weighted by molar-refractivity contribution is -0.152. The standard InChI is InChI=1S/C14H22O5/c1-9-4-5-10(14(2,3)18)8-11(9)19-13(17)7-6-12(15)16/h4,10-11,18H,5-8H2,1-3H3,(H,15,16). The van der Waals surface area contributed by atoms with Crippen LogP contribution in [0.5, 0.6) is 0 Å². The van der Waals surface area contributed by atoms with Gasteiger partial charge in [-0.05, 0) is 45.1 Å². The van der Waals surface area contributed by atoms with Gasteiger partial charge in [-0.3, -0.25) is 9.59 Å². The summed E-state index contributed by atoms with van der Waals surface area (Å²) in [5.41, 5.74) is 0.146. The maximum atomic E-state index is 11.5. The van der Waals surface area contributed by atoms with Crippen LogP contribution >= 0.6 is 0 Å². The summed E-state index contributed by atoms with van der Waals surface area (Å²) in [4.78, 5) is 21.9. The second kappa shape index (κ2) is 6.19. The van der Waals surface area contributed by atoms with Gasteiger partial charge in [0, 0.05) is 0 Å². The monoisotopic (exact) mass is 270 g/mol. The number of carbonyl (C=O) groups excluding carboxylic acids is 1. The van der Waals surface area contributed by atoms with Crippen molar-refractivity contribution in [2.75, 3.05) is 0 Å². The number of rotatable bonds is 5. The Hall–Kier alpha value is -1.36. The quantitative estimate of drug-likeness (QED) is 0.588. The van der Waals surface area contributed by atoms with Crippen molar-refractivity contribution in [1.29, 1.82) is 0 Å². The Morgan fingerprint density at radius 1 is 1.42 bits per heavy atom. The van der Waals surface area contributed by atoms with Crippen molar-refractivity contribution in [3.63, 3.8) is 0 Å². The zero-order chi connectivity index (χ0) is 14.6. The summed E-state index contributed by atoms with van der Waals surface area (Å²) < 4.78 is 5.30. The minimum atomic E-state index is -1.01. The Balaban J connectivity index is 2.57. The van der Waals surface area contributed by atoms with Gasteiger partial charge in [0.2, 0.25) is 0 Å². The van der Waals surface area contributed by atoms with Crippen molar-refractivity contribution in [2.24, 2.45) is 5.92 Å².